The zero-order chi connectivity index (χ0) is 18.9. The van der Waals surface area contributed by atoms with Crippen LogP contribution in [0, 0.1) is 5.41 Å². The van der Waals surface area contributed by atoms with Crippen molar-refractivity contribution in [3.63, 3.8) is 0 Å². The number of fused-ring (bicyclic) bond motifs is 1. The first-order valence-electron chi connectivity index (χ1n) is 9.25. The van der Waals surface area contributed by atoms with Crippen molar-refractivity contribution in [1.29, 1.82) is 0 Å². The summed E-state index contributed by atoms with van der Waals surface area (Å²) in [5.74, 6) is 0.817. The molecule has 1 aromatic heterocycles. The van der Waals surface area contributed by atoms with Crippen LogP contribution in [0.2, 0.25) is 0 Å². The second-order valence-electron chi connectivity index (χ2n) is 7.83. The average molecular weight is 353 g/mol. The molecule has 0 fully saturated rings. The Balaban J connectivity index is 1.85. The third kappa shape index (κ3) is 3.56. The molecule has 0 aliphatic heterocycles. The van der Waals surface area contributed by atoms with Crippen LogP contribution in [0.4, 0.5) is 0 Å². The smallest absolute Gasteiger partial charge is 0.174 e. The highest BCUT2D eigenvalue weighted by Crippen LogP contribution is 2.36. The number of benzene rings is 3. The maximum atomic E-state index is 5.64. The van der Waals surface area contributed by atoms with Crippen LogP contribution in [-0.4, -0.2) is 5.16 Å². The van der Waals surface area contributed by atoms with E-state index in [0.29, 0.717) is 0 Å². The summed E-state index contributed by atoms with van der Waals surface area (Å²) in [6.07, 6.45) is 2.27. The molecule has 0 saturated heterocycles. The van der Waals surface area contributed by atoms with Crippen molar-refractivity contribution in [2.75, 3.05) is 0 Å². The monoisotopic (exact) mass is 353 g/mol. The fraction of sp³-hybridized carbons (Fsp3) is 0.160. The quantitative estimate of drug-likeness (QED) is 0.368. The number of rotatable bonds is 3. The lowest BCUT2D eigenvalue weighted by molar-refractivity contribution is 0.441. The SMILES string of the molecule is CC(C)(C)C(=Cc1ccc2noc(-c3ccccc3)c2c1)c1ccccc1. The van der Waals surface area contributed by atoms with E-state index >= 15 is 0 Å². The maximum Gasteiger partial charge on any atom is 0.174 e. The highest BCUT2D eigenvalue weighted by Gasteiger charge is 2.19. The summed E-state index contributed by atoms with van der Waals surface area (Å²) in [6.45, 7) is 6.75. The highest BCUT2D eigenvalue weighted by molar-refractivity contribution is 5.94. The molecule has 3 aromatic carbocycles. The second kappa shape index (κ2) is 6.88. The van der Waals surface area contributed by atoms with E-state index in [1.807, 2.05) is 36.4 Å². The van der Waals surface area contributed by atoms with E-state index in [1.165, 1.54) is 11.1 Å². The Kier molecular flexibility index (Phi) is 4.41. The van der Waals surface area contributed by atoms with Crippen molar-refractivity contribution >= 4 is 22.6 Å². The third-order valence-electron chi connectivity index (χ3n) is 4.74. The van der Waals surface area contributed by atoms with Gasteiger partial charge in [-0.05, 0) is 34.2 Å². The Labute approximate surface area is 160 Å². The fourth-order valence-electron chi connectivity index (χ4n) is 3.36. The van der Waals surface area contributed by atoms with Crippen LogP contribution in [-0.2, 0) is 0 Å². The van der Waals surface area contributed by atoms with Gasteiger partial charge >= 0.3 is 0 Å². The standard InChI is InChI=1S/C25H23NO/c1-25(2,3)22(19-10-6-4-7-11-19)17-18-14-15-23-21(16-18)24(27-26-23)20-12-8-5-9-13-20/h4-17H,1-3H3. The number of aromatic nitrogens is 1. The van der Waals surface area contributed by atoms with Crippen LogP contribution in [0.1, 0.15) is 31.9 Å². The lowest BCUT2D eigenvalue weighted by Gasteiger charge is -2.24. The van der Waals surface area contributed by atoms with E-state index in [9.17, 15) is 0 Å². The fourth-order valence-corrected chi connectivity index (χ4v) is 3.36. The third-order valence-corrected chi connectivity index (χ3v) is 4.74. The predicted molar refractivity (Wildman–Crippen MR) is 113 cm³/mol. The van der Waals surface area contributed by atoms with Gasteiger partial charge in [-0.25, -0.2) is 0 Å². The minimum atomic E-state index is 0.0349. The molecule has 2 nitrogen and oxygen atoms in total. The molecule has 134 valence electrons. The van der Waals surface area contributed by atoms with Crippen molar-refractivity contribution < 1.29 is 4.52 Å². The molecule has 0 saturated carbocycles. The van der Waals surface area contributed by atoms with Gasteiger partial charge in [0, 0.05) is 5.56 Å². The summed E-state index contributed by atoms with van der Waals surface area (Å²) in [5.41, 5.74) is 5.66. The van der Waals surface area contributed by atoms with Crippen LogP contribution >= 0.6 is 0 Å². The molecule has 4 rings (SSSR count). The van der Waals surface area contributed by atoms with Crippen LogP contribution in [0.25, 0.3) is 33.9 Å². The molecule has 0 atom stereocenters. The lowest BCUT2D eigenvalue weighted by Crippen LogP contribution is -2.08. The topological polar surface area (TPSA) is 26.0 Å². The Morgan fingerprint density at radius 1 is 0.852 bits per heavy atom. The van der Waals surface area contributed by atoms with Gasteiger partial charge in [-0.1, -0.05) is 98.7 Å². The van der Waals surface area contributed by atoms with Gasteiger partial charge in [-0.15, -0.1) is 0 Å². The normalized spacial score (nSPS) is 12.5. The summed E-state index contributed by atoms with van der Waals surface area (Å²) < 4.78 is 5.64. The van der Waals surface area contributed by atoms with E-state index < -0.39 is 0 Å². The van der Waals surface area contributed by atoms with Gasteiger partial charge in [0.1, 0.15) is 5.52 Å². The molecular weight excluding hydrogens is 330 g/mol. The largest absolute Gasteiger partial charge is 0.355 e. The van der Waals surface area contributed by atoms with Crippen LogP contribution in [0.15, 0.2) is 83.4 Å². The molecule has 0 spiro atoms. The van der Waals surface area contributed by atoms with Crippen LogP contribution in [0.3, 0.4) is 0 Å². The molecular formula is C25H23NO. The van der Waals surface area contributed by atoms with Crippen molar-refractivity contribution in [2.24, 2.45) is 5.41 Å². The van der Waals surface area contributed by atoms with Crippen molar-refractivity contribution in [3.8, 4) is 11.3 Å². The Morgan fingerprint density at radius 2 is 1.52 bits per heavy atom. The minimum Gasteiger partial charge on any atom is -0.355 e. The van der Waals surface area contributed by atoms with E-state index in [4.69, 9.17) is 4.52 Å². The summed E-state index contributed by atoms with van der Waals surface area (Å²) in [4.78, 5) is 0. The number of hydrogen-bond donors (Lipinski definition) is 0. The lowest BCUT2D eigenvalue weighted by atomic mass is 9.81. The van der Waals surface area contributed by atoms with E-state index in [2.05, 4.69) is 74.5 Å². The average Bonchev–Trinajstić information content (AvgIpc) is 3.10. The van der Waals surface area contributed by atoms with Gasteiger partial charge in [0.2, 0.25) is 0 Å². The van der Waals surface area contributed by atoms with Gasteiger partial charge in [0.25, 0.3) is 0 Å². The van der Waals surface area contributed by atoms with Gasteiger partial charge < -0.3 is 4.52 Å². The van der Waals surface area contributed by atoms with Gasteiger partial charge in [-0.3, -0.25) is 0 Å². The molecule has 0 bridgehead atoms. The van der Waals surface area contributed by atoms with Crippen LogP contribution < -0.4 is 0 Å². The molecule has 27 heavy (non-hydrogen) atoms. The van der Waals surface area contributed by atoms with Crippen molar-refractivity contribution in [2.45, 2.75) is 20.8 Å². The highest BCUT2D eigenvalue weighted by atomic mass is 16.5. The first kappa shape index (κ1) is 17.3. The molecule has 2 heteroatoms. The van der Waals surface area contributed by atoms with Crippen LogP contribution in [0.5, 0.6) is 0 Å². The van der Waals surface area contributed by atoms with E-state index in [0.717, 1.165) is 27.8 Å². The van der Waals surface area contributed by atoms with E-state index in [1.54, 1.807) is 0 Å². The van der Waals surface area contributed by atoms with Crippen molar-refractivity contribution in [3.05, 3.63) is 90.0 Å². The zero-order valence-electron chi connectivity index (χ0n) is 15.9. The molecule has 0 aliphatic rings. The number of allylic oxidation sites excluding steroid dienone is 1. The Bertz CT molecular complexity index is 1080. The molecule has 0 unspecified atom stereocenters. The number of hydrogen-bond acceptors (Lipinski definition) is 2. The summed E-state index contributed by atoms with van der Waals surface area (Å²) in [7, 11) is 0. The molecule has 0 radical (unpaired) electrons. The predicted octanol–water partition coefficient (Wildman–Crippen LogP) is 7.08. The zero-order valence-corrected chi connectivity index (χ0v) is 15.9. The van der Waals surface area contributed by atoms with E-state index in [-0.39, 0.29) is 5.41 Å². The van der Waals surface area contributed by atoms with Crippen molar-refractivity contribution in [1.82, 2.24) is 5.16 Å². The van der Waals surface area contributed by atoms with Gasteiger partial charge in [-0.2, -0.15) is 0 Å². The Morgan fingerprint density at radius 3 is 2.19 bits per heavy atom. The summed E-state index contributed by atoms with van der Waals surface area (Å²) >= 11 is 0. The molecule has 0 aliphatic carbocycles. The first-order valence-corrected chi connectivity index (χ1v) is 9.25. The second-order valence-corrected chi connectivity index (χ2v) is 7.83. The first-order chi connectivity index (χ1) is 13.0. The molecule has 1 heterocycles. The van der Waals surface area contributed by atoms with Gasteiger partial charge in [0.15, 0.2) is 5.76 Å². The van der Waals surface area contributed by atoms with Gasteiger partial charge in [0.05, 0.1) is 5.39 Å². The number of nitrogens with zero attached hydrogens (tertiary/aromatic N) is 1. The molecule has 0 N–H and O–H groups in total. The minimum absolute atomic E-state index is 0.0349. The summed E-state index contributed by atoms with van der Waals surface area (Å²) in [5, 5.41) is 5.26. The molecule has 0 amide bonds. The summed E-state index contributed by atoms with van der Waals surface area (Å²) in [6, 6.07) is 27.0. The maximum absolute atomic E-state index is 5.64. The molecule has 4 aromatic rings. The Hall–Kier alpha value is -3.13.